The average molecular weight is 468 g/mol. The van der Waals surface area contributed by atoms with Crippen LogP contribution in [-0.2, 0) is 0 Å². The molecule has 2 aromatic heterocycles. The quantitative estimate of drug-likeness (QED) is 0.510. The van der Waals surface area contributed by atoms with Gasteiger partial charge in [0.05, 0.1) is 25.4 Å². The van der Waals surface area contributed by atoms with Crippen LogP contribution in [0.5, 0.6) is 11.6 Å². The van der Waals surface area contributed by atoms with E-state index in [0.717, 1.165) is 24.8 Å². The maximum Gasteiger partial charge on any atom is 0.289 e. The maximum atomic E-state index is 14.9. The van der Waals surface area contributed by atoms with Crippen molar-refractivity contribution in [2.24, 2.45) is 5.92 Å². The molecule has 1 saturated carbocycles. The average Bonchev–Trinajstić information content (AvgIpc) is 3.29. The lowest BCUT2D eigenvalue weighted by Crippen LogP contribution is -2.27. The Balaban J connectivity index is 1.15. The summed E-state index contributed by atoms with van der Waals surface area (Å²) in [6, 6.07) is 7.32. The van der Waals surface area contributed by atoms with E-state index in [1.807, 2.05) is 36.1 Å². The van der Waals surface area contributed by atoms with Gasteiger partial charge in [0, 0.05) is 13.0 Å². The highest BCUT2D eigenvalue weighted by Gasteiger charge is 2.29. The Kier molecular flexibility index (Phi) is 6.29. The Morgan fingerprint density at radius 3 is 2.82 bits per heavy atom. The summed E-state index contributed by atoms with van der Waals surface area (Å²) in [5.74, 6) is 0.811. The first kappa shape index (κ1) is 22.1. The molecule has 0 radical (unpaired) electrons. The maximum absolute atomic E-state index is 14.9. The molecule has 0 bridgehead atoms. The van der Waals surface area contributed by atoms with E-state index in [1.165, 1.54) is 18.9 Å². The van der Waals surface area contributed by atoms with Gasteiger partial charge in [0.1, 0.15) is 18.2 Å². The normalized spacial score (nSPS) is 18.5. The van der Waals surface area contributed by atoms with Gasteiger partial charge in [-0.25, -0.2) is 9.97 Å². The van der Waals surface area contributed by atoms with Crippen molar-refractivity contribution in [3.63, 3.8) is 0 Å². The van der Waals surface area contributed by atoms with Gasteiger partial charge in [-0.3, -0.25) is 4.79 Å². The molecule has 0 unspecified atom stereocenters. The fraction of sp³-hybridized carbons (Fsp3) is 0.417. The van der Waals surface area contributed by atoms with Gasteiger partial charge >= 0.3 is 0 Å². The van der Waals surface area contributed by atoms with Gasteiger partial charge in [0.25, 0.3) is 11.8 Å². The van der Waals surface area contributed by atoms with Crippen LogP contribution in [0.1, 0.15) is 48.3 Å². The molecule has 2 atom stereocenters. The zero-order valence-corrected chi connectivity index (χ0v) is 18.8. The van der Waals surface area contributed by atoms with Gasteiger partial charge in [-0.15, -0.1) is 0 Å². The molecule has 1 amide bonds. The third-order valence-corrected chi connectivity index (χ3v) is 6.02. The van der Waals surface area contributed by atoms with Crippen molar-refractivity contribution in [2.75, 3.05) is 24.6 Å². The molecule has 178 valence electrons. The summed E-state index contributed by atoms with van der Waals surface area (Å²) < 4.78 is 31.5. The first-order valence-corrected chi connectivity index (χ1v) is 11.4. The second-order valence-electron chi connectivity index (χ2n) is 8.68. The number of nitrogens with zero attached hydrogens (tertiary/aromatic N) is 4. The number of benzene rings is 1. The number of aromatic nitrogens is 3. The van der Waals surface area contributed by atoms with Gasteiger partial charge in [-0.05, 0) is 43.4 Å². The summed E-state index contributed by atoms with van der Waals surface area (Å²) in [4.78, 5) is 25.8. The van der Waals surface area contributed by atoms with E-state index >= 15 is 0 Å². The molecule has 34 heavy (non-hydrogen) atoms. The Bertz CT molecular complexity index is 1120. The number of hydrogen-bond acceptors (Lipinski definition) is 8. The second-order valence-corrected chi connectivity index (χ2v) is 8.68. The zero-order chi connectivity index (χ0) is 23.5. The summed E-state index contributed by atoms with van der Waals surface area (Å²) in [6.07, 6.45) is 6.84. The van der Waals surface area contributed by atoms with E-state index in [4.69, 9.17) is 13.9 Å². The molecule has 0 spiro atoms. The number of hydrogen-bond donors (Lipinski definition) is 1. The Morgan fingerprint density at radius 1 is 1.26 bits per heavy atom. The van der Waals surface area contributed by atoms with Crippen molar-refractivity contribution in [1.82, 2.24) is 20.3 Å². The number of nitrogens with one attached hydrogen (secondary N) is 1. The first-order chi connectivity index (χ1) is 16.6. The minimum Gasteiger partial charge on any atom is -0.489 e. The van der Waals surface area contributed by atoms with Crippen LogP contribution in [0.2, 0.25) is 0 Å². The highest BCUT2D eigenvalue weighted by molar-refractivity contribution is 5.91. The van der Waals surface area contributed by atoms with Crippen LogP contribution in [0, 0.1) is 11.7 Å². The van der Waals surface area contributed by atoms with Crippen molar-refractivity contribution >= 4 is 11.7 Å². The molecule has 3 heterocycles. The monoisotopic (exact) mass is 467 g/mol. The topological polar surface area (TPSA) is 103 Å². The van der Waals surface area contributed by atoms with Crippen LogP contribution in [-0.4, -0.2) is 46.7 Å². The predicted octanol–water partition coefficient (Wildman–Crippen LogP) is 3.54. The van der Waals surface area contributed by atoms with Crippen molar-refractivity contribution in [3.05, 3.63) is 60.3 Å². The van der Waals surface area contributed by atoms with E-state index in [1.54, 1.807) is 0 Å². The molecule has 2 fully saturated rings. The van der Waals surface area contributed by atoms with Crippen LogP contribution in [0.3, 0.4) is 0 Å². The number of carbonyl (C=O) groups excluding carboxylic acids is 1. The van der Waals surface area contributed by atoms with Gasteiger partial charge in [0.15, 0.2) is 12.2 Å². The third-order valence-electron chi connectivity index (χ3n) is 6.02. The van der Waals surface area contributed by atoms with Gasteiger partial charge in [-0.1, -0.05) is 12.1 Å². The molecule has 1 aliphatic heterocycles. The fourth-order valence-corrected chi connectivity index (χ4v) is 3.87. The van der Waals surface area contributed by atoms with E-state index in [9.17, 15) is 9.18 Å². The Hall–Kier alpha value is -3.69. The second kappa shape index (κ2) is 9.66. The molecule has 3 aromatic rings. The number of oxazole rings is 1. The van der Waals surface area contributed by atoms with E-state index < -0.39 is 5.82 Å². The van der Waals surface area contributed by atoms with Crippen molar-refractivity contribution in [1.29, 1.82) is 0 Å². The highest BCUT2D eigenvalue weighted by Crippen LogP contribution is 2.32. The smallest absolute Gasteiger partial charge is 0.289 e. The molecule has 10 heteroatoms. The molecular formula is C24H26FN5O4. The minimum atomic E-state index is -0.519. The zero-order valence-electron chi connectivity index (χ0n) is 18.8. The summed E-state index contributed by atoms with van der Waals surface area (Å²) in [5.41, 5.74) is 0.926. The molecule has 9 nitrogen and oxygen atoms in total. The lowest BCUT2D eigenvalue weighted by Gasteiger charge is -2.19. The van der Waals surface area contributed by atoms with Gasteiger partial charge in [-0.2, -0.15) is 9.37 Å². The molecule has 1 aliphatic carbocycles. The summed E-state index contributed by atoms with van der Waals surface area (Å²) in [7, 11) is 0. The molecular weight excluding hydrogens is 441 g/mol. The van der Waals surface area contributed by atoms with E-state index in [-0.39, 0.29) is 35.5 Å². The molecule has 1 saturated heterocycles. The Morgan fingerprint density at radius 2 is 2.09 bits per heavy atom. The Labute approximate surface area is 196 Å². The molecule has 1 aromatic carbocycles. The minimum absolute atomic E-state index is 0.0152. The van der Waals surface area contributed by atoms with Crippen LogP contribution in [0.15, 0.2) is 47.6 Å². The number of anilines is 1. The number of halogens is 1. The first-order valence-electron chi connectivity index (χ1n) is 11.4. The van der Waals surface area contributed by atoms with Crippen molar-refractivity contribution in [2.45, 2.75) is 38.3 Å². The molecule has 5 rings (SSSR count). The predicted molar refractivity (Wildman–Crippen MR) is 120 cm³/mol. The van der Waals surface area contributed by atoms with Gasteiger partial charge < -0.3 is 24.1 Å². The lowest BCUT2D eigenvalue weighted by molar-refractivity contribution is 0.0912. The van der Waals surface area contributed by atoms with Crippen molar-refractivity contribution in [3.8, 4) is 11.6 Å². The van der Waals surface area contributed by atoms with Crippen LogP contribution < -0.4 is 19.7 Å². The summed E-state index contributed by atoms with van der Waals surface area (Å²) in [6.45, 7) is 3.53. The third kappa shape index (κ3) is 5.11. The SMILES string of the molecule is C[C@H](NC(=O)c1cnco1)c1ccc(O[C@@H]2CCN(c3ncnc(OCC4CC4)c3F)C2)cc1. The fourth-order valence-electron chi connectivity index (χ4n) is 3.87. The highest BCUT2D eigenvalue weighted by atomic mass is 19.1. The number of ether oxygens (including phenoxy) is 2. The summed E-state index contributed by atoms with van der Waals surface area (Å²) >= 11 is 0. The molecule has 2 aliphatic rings. The standard InChI is InChI=1S/C24H26FN5O4/c1-15(29-23(31)20-10-26-14-33-20)17-4-6-18(7-5-17)34-19-8-9-30(11-19)22-21(25)24(28-13-27-22)32-12-16-2-3-16/h4-7,10,13-16,19H,2-3,8-9,11-12H2,1H3,(H,29,31)/t15-,19+/m0/s1. The number of rotatable bonds is 9. The van der Waals surface area contributed by atoms with Crippen LogP contribution in [0.4, 0.5) is 10.2 Å². The number of carbonyl (C=O) groups is 1. The van der Waals surface area contributed by atoms with Crippen LogP contribution >= 0.6 is 0 Å². The summed E-state index contributed by atoms with van der Waals surface area (Å²) in [5, 5.41) is 2.87. The number of amides is 1. The lowest BCUT2D eigenvalue weighted by atomic mass is 10.1. The van der Waals surface area contributed by atoms with Crippen molar-refractivity contribution < 1.29 is 23.1 Å². The van der Waals surface area contributed by atoms with Gasteiger partial charge in [0.2, 0.25) is 11.6 Å². The largest absolute Gasteiger partial charge is 0.489 e. The molecule has 1 N–H and O–H groups in total. The van der Waals surface area contributed by atoms with Crippen LogP contribution in [0.25, 0.3) is 0 Å². The van der Waals surface area contributed by atoms with E-state index in [0.29, 0.717) is 31.4 Å². The van der Waals surface area contributed by atoms with E-state index in [2.05, 4.69) is 20.3 Å².